The monoisotopic (exact) mass is 252 g/mol. The third-order valence-corrected chi connectivity index (χ3v) is 2.53. The number of aromatic nitrogens is 2. The number of ether oxygens (including phenoxy) is 1. The topological polar surface area (TPSA) is 73.1 Å². The van der Waals surface area contributed by atoms with Crippen molar-refractivity contribution in [3.63, 3.8) is 0 Å². The van der Waals surface area contributed by atoms with Gasteiger partial charge in [0.1, 0.15) is 12.0 Å². The van der Waals surface area contributed by atoms with Crippen LogP contribution < -0.4 is 15.8 Å². The molecule has 0 aliphatic carbocycles. The van der Waals surface area contributed by atoms with Gasteiger partial charge in [0.2, 0.25) is 5.88 Å². The van der Waals surface area contributed by atoms with Crippen LogP contribution in [0.1, 0.15) is 47.5 Å². The van der Waals surface area contributed by atoms with Gasteiger partial charge < -0.3 is 15.8 Å². The molecule has 1 heterocycles. The second-order valence-electron chi connectivity index (χ2n) is 5.37. The predicted octanol–water partition coefficient (Wildman–Crippen LogP) is 2.84. The average Bonchev–Trinajstić information content (AvgIpc) is 2.23. The van der Waals surface area contributed by atoms with Crippen LogP contribution in [0.15, 0.2) is 6.33 Å². The van der Waals surface area contributed by atoms with E-state index in [2.05, 4.69) is 36.1 Å². The lowest BCUT2D eigenvalue weighted by molar-refractivity contribution is 0.234. The van der Waals surface area contributed by atoms with Gasteiger partial charge in [0, 0.05) is 5.54 Å². The summed E-state index contributed by atoms with van der Waals surface area (Å²) in [6.45, 7) is 10.3. The summed E-state index contributed by atoms with van der Waals surface area (Å²) in [7, 11) is 0. The molecular weight excluding hydrogens is 228 g/mol. The minimum Gasteiger partial charge on any atom is -0.473 e. The number of nitrogen functional groups attached to an aromatic ring is 1. The number of nitrogens with one attached hydrogen (secondary N) is 1. The van der Waals surface area contributed by atoms with Gasteiger partial charge in [-0.2, -0.15) is 4.98 Å². The van der Waals surface area contributed by atoms with Gasteiger partial charge >= 0.3 is 0 Å². The Balaban J connectivity index is 2.90. The Hall–Kier alpha value is -1.52. The van der Waals surface area contributed by atoms with Gasteiger partial charge in [0.25, 0.3) is 0 Å². The van der Waals surface area contributed by atoms with Crippen LogP contribution in [0.4, 0.5) is 11.5 Å². The van der Waals surface area contributed by atoms with E-state index in [-0.39, 0.29) is 11.6 Å². The smallest absolute Gasteiger partial charge is 0.242 e. The highest BCUT2D eigenvalue weighted by molar-refractivity contribution is 5.67. The van der Waals surface area contributed by atoms with Gasteiger partial charge in [-0.1, -0.05) is 13.3 Å². The average molecular weight is 252 g/mol. The molecule has 5 nitrogen and oxygen atoms in total. The van der Waals surface area contributed by atoms with Crippen molar-refractivity contribution in [1.82, 2.24) is 9.97 Å². The van der Waals surface area contributed by atoms with Crippen LogP contribution in [-0.2, 0) is 0 Å². The number of nitrogens with two attached hydrogens (primary N) is 1. The highest BCUT2D eigenvalue weighted by Crippen LogP contribution is 2.28. The van der Waals surface area contributed by atoms with Crippen LogP contribution in [0.25, 0.3) is 0 Å². The maximum atomic E-state index is 6.02. The first-order valence-corrected chi connectivity index (χ1v) is 6.41. The van der Waals surface area contributed by atoms with Crippen LogP contribution >= 0.6 is 0 Å². The molecule has 0 atom stereocenters. The van der Waals surface area contributed by atoms with E-state index in [9.17, 15) is 0 Å². The molecule has 0 aliphatic rings. The fourth-order valence-electron chi connectivity index (χ4n) is 1.80. The van der Waals surface area contributed by atoms with Gasteiger partial charge in [-0.15, -0.1) is 0 Å². The lowest BCUT2D eigenvalue weighted by Crippen LogP contribution is -2.31. The summed E-state index contributed by atoms with van der Waals surface area (Å²) in [5.41, 5.74) is 6.44. The first kappa shape index (κ1) is 14.5. The lowest BCUT2D eigenvalue weighted by Gasteiger charge is -2.27. The van der Waals surface area contributed by atoms with Gasteiger partial charge in [-0.05, 0) is 34.1 Å². The predicted molar refractivity (Wildman–Crippen MR) is 74.8 cm³/mol. The second-order valence-corrected chi connectivity index (χ2v) is 5.37. The maximum Gasteiger partial charge on any atom is 0.242 e. The van der Waals surface area contributed by atoms with Crippen LogP contribution in [0.5, 0.6) is 5.88 Å². The van der Waals surface area contributed by atoms with Crippen LogP contribution in [0, 0.1) is 0 Å². The number of anilines is 2. The maximum absolute atomic E-state index is 6.02. The van der Waals surface area contributed by atoms with Crippen molar-refractivity contribution < 1.29 is 4.74 Å². The summed E-state index contributed by atoms with van der Waals surface area (Å²) in [6, 6.07) is 0. The molecule has 1 aromatic heterocycles. The zero-order valence-corrected chi connectivity index (χ0v) is 11.9. The Morgan fingerprint density at radius 2 is 2.06 bits per heavy atom. The Kier molecular flexibility index (Phi) is 4.76. The number of hydrogen-bond donors (Lipinski definition) is 2. The summed E-state index contributed by atoms with van der Waals surface area (Å²) >= 11 is 0. The van der Waals surface area contributed by atoms with E-state index < -0.39 is 0 Å². The van der Waals surface area contributed by atoms with E-state index >= 15 is 0 Å². The molecule has 0 unspecified atom stereocenters. The molecule has 3 N–H and O–H groups in total. The number of hydrogen-bond acceptors (Lipinski definition) is 5. The van der Waals surface area contributed by atoms with E-state index in [1.165, 1.54) is 6.33 Å². The molecule has 0 fully saturated rings. The molecule has 1 aromatic rings. The zero-order valence-electron chi connectivity index (χ0n) is 11.9. The Morgan fingerprint density at radius 1 is 1.39 bits per heavy atom. The molecule has 0 amide bonds. The lowest BCUT2D eigenvalue weighted by atomic mass is 9.99. The van der Waals surface area contributed by atoms with Crippen molar-refractivity contribution in [3.05, 3.63) is 6.33 Å². The summed E-state index contributed by atoms with van der Waals surface area (Å²) in [5, 5.41) is 3.34. The van der Waals surface area contributed by atoms with E-state index in [1.54, 1.807) is 0 Å². The fourth-order valence-corrected chi connectivity index (χ4v) is 1.80. The SMILES string of the molecule is CCCC(C)(C)Nc1ncnc(OC(C)C)c1N. The molecule has 102 valence electrons. The first-order chi connectivity index (χ1) is 8.35. The molecule has 0 radical (unpaired) electrons. The van der Waals surface area contributed by atoms with Gasteiger partial charge in [0.05, 0.1) is 6.10 Å². The van der Waals surface area contributed by atoms with Crippen molar-refractivity contribution in [2.24, 2.45) is 0 Å². The third-order valence-electron chi connectivity index (χ3n) is 2.53. The molecule has 0 bridgehead atoms. The van der Waals surface area contributed by atoms with Crippen molar-refractivity contribution in [2.75, 3.05) is 11.1 Å². The number of rotatable bonds is 6. The Bertz CT molecular complexity index is 391. The van der Waals surface area contributed by atoms with Crippen LogP contribution in [0.2, 0.25) is 0 Å². The zero-order chi connectivity index (χ0) is 13.8. The largest absolute Gasteiger partial charge is 0.473 e. The normalized spacial score (nSPS) is 11.7. The molecule has 0 saturated carbocycles. The summed E-state index contributed by atoms with van der Waals surface area (Å²) < 4.78 is 5.54. The van der Waals surface area contributed by atoms with E-state index in [1.807, 2.05) is 13.8 Å². The van der Waals surface area contributed by atoms with E-state index in [0.717, 1.165) is 12.8 Å². The molecule has 0 spiro atoms. The van der Waals surface area contributed by atoms with Gasteiger partial charge in [-0.25, -0.2) is 4.98 Å². The molecule has 0 saturated heterocycles. The second kappa shape index (κ2) is 5.89. The minimum absolute atomic E-state index is 0.0405. The Labute approximate surface area is 109 Å². The van der Waals surface area contributed by atoms with E-state index in [0.29, 0.717) is 17.4 Å². The quantitative estimate of drug-likeness (QED) is 0.814. The fraction of sp³-hybridized carbons (Fsp3) is 0.692. The van der Waals surface area contributed by atoms with Gasteiger partial charge in [0.15, 0.2) is 5.82 Å². The first-order valence-electron chi connectivity index (χ1n) is 6.41. The van der Waals surface area contributed by atoms with Crippen molar-refractivity contribution in [1.29, 1.82) is 0 Å². The number of nitrogens with zero attached hydrogens (tertiary/aromatic N) is 2. The summed E-state index contributed by atoms with van der Waals surface area (Å²) in [5.74, 6) is 1.08. The third kappa shape index (κ3) is 4.05. The highest BCUT2D eigenvalue weighted by Gasteiger charge is 2.20. The standard InChI is InChI=1S/C13H24N4O/c1-6-7-13(4,5)17-11-10(14)12(16-8-15-11)18-9(2)3/h8-9H,6-7,14H2,1-5H3,(H,15,16,17). The molecule has 18 heavy (non-hydrogen) atoms. The molecule has 0 aromatic carbocycles. The molecule has 5 heteroatoms. The molecular formula is C13H24N4O. The van der Waals surface area contributed by atoms with Crippen molar-refractivity contribution in [3.8, 4) is 5.88 Å². The van der Waals surface area contributed by atoms with Crippen LogP contribution in [-0.4, -0.2) is 21.6 Å². The Morgan fingerprint density at radius 3 is 2.61 bits per heavy atom. The summed E-state index contributed by atoms with van der Waals surface area (Å²) in [6.07, 6.45) is 3.65. The van der Waals surface area contributed by atoms with E-state index in [4.69, 9.17) is 10.5 Å². The molecule has 1 rings (SSSR count). The minimum atomic E-state index is -0.0493. The van der Waals surface area contributed by atoms with Crippen molar-refractivity contribution >= 4 is 11.5 Å². The highest BCUT2D eigenvalue weighted by atomic mass is 16.5. The van der Waals surface area contributed by atoms with Crippen LogP contribution in [0.3, 0.4) is 0 Å². The van der Waals surface area contributed by atoms with Gasteiger partial charge in [-0.3, -0.25) is 0 Å². The van der Waals surface area contributed by atoms with Crippen molar-refractivity contribution in [2.45, 2.75) is 59.1 Å². The molecule has 0 aliphatic heterocycles. The summed E-state index contributed by atoms with van der Waals surface area (Å²) in [4.78, 5) is 8.24.